The van der Waals surface area contributed by atoms with Gasteiger partial charge in [-0.1, -0.05) is 16.9 Å². The zero-order chi connectivity index (χ0) is 7.28. The number of carbonyl (C=O) groups excluding carboxylic acids is 1. The van der Waals surface area contributed by atoms with Crippen molar-refractivity contribution in [2.24, 2.45) is 5.16 Å². The highest BCUT2D eigenvalue weighted by atomic mass is 32.2. The number of ether oxygens (including phenoxy) is 1. The number of hydrogen-bond donors (Lipinski definition) is 1. The monoisotopic (exact) mass is 149 g/mol. The van der Waals surface area contributed by atoms with Crippen LogP contribution in [0.2, 0.25) is 0 Å². The highest BCUT2D eigenvalue weighted by Gasteiger charge is 2.08. The molecule has 0 aliphatic heterocycles. The Morgan fingerprint density at radius 2 is 2.33 bits per heavy atom. The molecule has 0 aliphatic rings. The Hall–Kier alpha value is -0.710. The molecule has 1 N–H and O–H groups in total. The Kier molecular flexibility index (Phi) is 3.87. The lowest BCUT2D eigenvalue weighted by molar-refractivity contribution is -0.132. The average Bonchev–Trinajstić information content (AvgIpc) is 1.90. The molecule has 0 amide bonds. The van der Waals surface area contributed by atoms with Gasteiger partial charge in [-0.2, -0.15) is 0 Å². The topological polar surface area (TPSA) is 58.9 Å². The molecule has 0 saturated heterocycles. The van der Waals surface area contributed by atoms with Gasteiger partial charge in [0.05, 0.1) is 7.11 Å². The number of thioether (sulfide) groups is 1. The van der Waals surface area contributed by atoms with Gasteiger partial charge in [0.1, 0.15) is 0 Å². The lowest BCUT2D eigenvalue weighted by atomic mass is 10.7. The highest BCUT2D eigenvalue weighted by Crippen LogP contribution is 1.98. The maximum absolute atomic E-state index is 10.4. The van der Waals surface area contributed by atoms with Gasteiger partial charge in [0, 0.05) is 0 Å². The Bertz CT molecular complexity index is 134. The number of oxime groups is 1. The van der Waals surface area contributed by atoms with Gasteiger partial charge in [0.2, 0.25) is 5.04 Å². The second-order valence-corrected chi connectivity index (χ2v) is 1.90. The average molecular weight is 149 g/mol. The molecule has 0 aromatic heterocycles. The first-order valence-corrected chi connectivity index (χ1v) is 3.33. The summed E-state index contributed by atoms with van der Waals surface area (Å²) in [7, 11) is 1.23. The first kappa shape index (κ1) is 8.29. The molecule has 0 heterocycles. The molecule has 4 nitrogen and oxygen atoms in total. The largest absolute Gasteiger partial charge is 0.464 e. The zero-order valence-corrected chi connectivity index (χ0v) is 5.94. The van der Waals surface area contributed by atoms with Crippen molar-refractivity contribution in [3.8, 4) is 0 Å². The summed E-state index contributed by atoms with van der Waals surface area (Å²) in [4.78, 5) is 10.4. The van der Waals surface area contributed by atoms with E-state index >= 15 is 0 Å². The van der Waals surface area contributed by atoms with E-state index in [1.165, 1.54) is 7.11 Å². The molecule has 0 rings (SSSR count). The molecule has 0 spiro atoms. The lowest BCUT2D eigenvalue weighted by Gasteiger charge is -1.94. The quantitative estimate of drug-likeness (QED) is 0.177. The lowest BCUT2D eigenvalue weighted by Crippen LogP contribution is -2.11. The maximum atomic E-state index is 10.4. The van der Waals surface area contributed by atoms with Crippen LogP contribution in [0.1, 0.15) is 0 Å². The van der Waals surface area contributed by atoms with Gasteiger partial charge in [-0.3, -0.25) is 0 Å². The van der Waals surface area contributed by atoms with Crippen molar-refractivity contribution in [1.82, 2.24) is 0 Å². The van der Waals surface area contributed by atoms with Gasteiger partial charge in [-0.05, 0) is 6.26 Å². The van der Waals surface area contributed by atoms with Crippen LogP contribution in [-0.4, -0.2) is 29.6 Å². The van der Waals surface area contributed by atoms with Gasteiger partial charge < -0.3 is 9.94 Å². The van der Waals surface area contributed by atoms with Crippen molar-refractivity contribution in [2.75, 3.05) is 13.4 Å². The molecule has 52 valence electrons. The molecular formula is C4H7NO3S. The van der Waals surface area contributed by atoms with Gasteiger partial charge in [0.15, 0.2) is 0 Å². The molecule has 0 aromatic carbocycles. The van der Waals surface area contributed by atoms with Gasteiger partial charge in [0.25, 0.3) is 0 Å². The Labute approximate surface area is 56.9 Å². The van der Waals surface area contributed by atoms with Crippen molar-refractivity contribution in [3.63, 3.8) is 0 Å². The number of hydrogen-bond acceptors (Lipinski definition) is 5. The van der Waals surface area contributed by atoms with E-state index in [0.717, 1.165) is 11.8 Å². The maximum Gasteiger partial charge on any atom is 0.366 e. The van der Waals surface area contributed by atoms with Gasteiger partial charge in [-0.25, -0.2) is 4.79 Å². The molecular weight excluding hydrogens is 142 g/mol. The number of nitrogens with zero attached hydrogens (tertiary/aromatic N) is 1. The van der Waals surface area contributed by atoms with Crippen molar-refractivity contribution in [2.45, 2.75) is 0 Å². The fourth-order valence-electron chi connectivity index (χ4n) is 0.252. The summed E-state index contributed by atoms with van der Waals surface area (Å²) in [5.74, 6) is -0.620. The van der Waals surface area contributed by atoms with Crippen LogP contribution in [-0.2, 0) is 9.53 Å². The second-order valence-electron chi connectivity index (χ2n) is 1.10. The Morgan fingerprint density at radius 3 is 2.44 bits per heavy atom. The molecule has 0 bridgehead atoms. The molecule has 0 aromatic rings. The van der Waals surface area contributed by atoms with Crippen LogP contribution in [0.25, 0.3) is 0 Å². The summed E-state index contributed by atoms with van der Waals surface area (Å²) in [6.07, 6.45) is 1.62. The summed E-state index contributed by atoms with van der Waals surface area (Å²) < 4.78 is 4.24. The van der Waals surface area contributed by atoms with E-state index in [-0.39, 0.29) is 5.04 Å². The van der Waals surface area contributed by atoms with E-state index in [2.05, 4.69) is 9.89 Å². The van der Waals surface area contributed by atoms with Crippen LogP contribution in [0, 0.1) is 0 Å². The summed E-state index contributed by atoms with van der Waals surface area (Å²) in [5.41, 5.74) is 0. The summed E-state index contributed by atoms with van der Waals surface area (Å²) >= 11 is 1.03. The zero-order valence-electron chi connectivity index (χ0n) is 5.12. The minimum absolute atomic E-state index is 0.0440. The highest BCUT2D eigenvalue weighted by molar-refractivity contribution is 8.15. The number of rotatable bonds is 0. The van der Waals surface area contributed by atoms with Gasteiger partial charge in [-0.15, -0.1) is 0 Å². The summed E-state index contributed by atoms with van der Waals surface area (Å²) in [6, 6.07) is 0. The molecule has 0 saturated carbocycles. The normalized spacial score (nSPS) is 11.1. The molecule has 0 fully saturated rings. The fraction of sp³-hybridized carbons (Fsp3) is 0.500. The third kappa shape index (κ3) is 2.36. The second kappa shape index (κ2) is 4.20. The van der Waals surface area contributed by atoms with E-state index in [4.69, 9.17) is 5.21 Å². The van der Waals surface area contributed by atoms with Crippen LogP contribution in [0.5, 0.6) is 0 Å². The molecule has 5 heteroatoms. The van der Waals surface area contributed by atoms with E-state index in [9.17, 15) is 4.79 Å². The minimum Gasteiger partial charge on any atom is -0.464 e. The van der Waals surface area contributed by atoms with Crippen molar-refractivity contribution in [1.29, 1.82) is 0 Å². The third-order valence-electron chi connectivity index (χ3n) is 0.644. The molecule has 0 radical (unpaired) electrons. The molecule has 0 atom stereocenters. The summed E-state index contributed by atoms with van der Waals surface area (Å²) in [6.45, 7) is 0. The molecule has 9 heavy (non-hydrogen) atoms. The van der Waals surface area contributed by atoms with Crippen molar-refractivity contribution in [3.05, 3.63) is 0 Å². The standard InChI is InChI=1S/C4H7NO3S/c1-8-4(6)3(5-7)9-2/h7H,1-2H3/b5-3+. The van der Waals surface area contributed by atoms with E-state index in [0.29, 0.717) is 0 Å². The van der Waals surface area contributed by atoms with Crippen LogP contribution in [0.3, 0.4) is 0 Å². The van der Waals surface area contributed by atoms with E-state index in [1.54, 1.807) is 6.26 Å². The first-order valence-electron chi connectivity index (χ1n) is 2.10. The predicted octanol–water partition coefficient (Wildman–Crippen LogP) is 0.310. The first-order chi connectivity index (χ1) is 4.26. The van der Waals surface area contributed by atoms with Gasteiger partial charge >= 0.3 is 5.97 Å². The number of methoxy groups -OCH3 is 1. The molecule has 0 unspecified atom stereocenters. The summed E-state index contributed by atoms with van der Waals surface area (Å²) in [5, 5.41) is 10.7. The Balaban J connectivity index is 3.97. The SMILES string of the molecule is COC(=O)/C(=N\O)SC. The van der Waals surface area contributed by atoms with E-state index in [1.807, 2.05) is 0 Å². The minimum atomic E-state index is -0.620. The number of carbonyl (C=O) groups is 1. The van der Waals surface area contributed by atoms with Crippen molar-refractivity contribution < 1.29 is 14.7 Å². The Morgan fingerprint density at radius 1 is 1.78 bits per heavy atom. The van der Waals surface area contributed by atoms with Crippen LogP contribution in [0.4, 0.5) is 0 Å². The number of esters is 1. The van der Waals surface area contributed by atoms with E-state index < -0.39 is 5.97 Å². The van der Waals surface area contributed by atoms with Crippen molar-refractivity contribution >= 4 is 22.8 Å². The molecule has 0 aliphatic carbocycles. The third-order valence-corrected chi connectivity index (χ3v) is 1.28. The van der Waals surface area contributed by atoms with Crippen LogP contribution in [0.15, 0.2) is 5.16 Å². The fourth-order valence-corrected chi connectivity index (χ4v) is 0.584. The smallest absolute Gasteiger partial charge is 0.366 e. The predicted molar refractivity (Wildman–Crippen MR) is 34.8 cm³/mol. The van der Waals surface area contributed by atoms with Crippen LogP contribution >= 0.6 is 11.8 Å². The van der Waals surface area contributed by atoms with Crippen LogP contribution < -0.4 is 0 Å².